The van der Waals surface area contributed by atoms with Crippen LogP contribution in [0.4, 0.5) is 0 Å². The van der Waals surface area contributed by atoms with Crippen LogP contribution < -0.4 is 0 Å². The molecule has 0 aliphatic heterocycles. The van der Waals surface area contributed by atoms with Crippen LogP contribution in [0.15, 0.2) is 36.4 Å². The minimum atomic E-state index is -0.0816. The van der Waals surface area contributed by atoms with E-state index in [4.69, 9.17) is 5.11 Å². The van der Waals surface area contributed by atoms with Gasteiger partial charge in [-0.25, -0.2) is 0 Å². The summed E-state index contributed by atoms with van der Waals surface area (Å²) in [5, 5.41) is 18.6. The summed E-state index contributed by atoms with van der Waals surface area (Å²) in [5.41, 5.74) is 0.906. The third kappa shape index (κ3) is 3.57. The molecule has 0 aliphatic rings. The average Bonchev–Trinajstić information content (AvgIpc) is 2.34. The van der Waals surface area contributed by atoms with Crippen molar-refractivity contribution in [3.63, 3.8) is 0 Å². The van der Waals surface area contributed by atoms with Gasteiger partial charge in [0.1, 0.15) is 5.75 Å². The van der Waals surface area contributed by atoms with Crippen molar-refractivity contribution in [1.82, 2.24) is 0 Å². The second-order valence-electron chi connectivity index (χ2n) is 3.63. The summed E-state index contributed by atoms with van der Waals surface area (Å²) >= 11 is 0. The van der Waals surface area contributed by atoms with Crippen LogP contribution in [-0.2, 0) is 0 Å². The van der Waals surface area contributed by atoms with Crippen LogP contribution >= 0.6 is 0 Å². The number of allylic oxidation sites excluding steroid dienone is 1. The number of hydrogen-bond donors (Lipinski definition) is 2. The highest BCUT2D eigenvalue weighted by atomic mass is 16.3. The summed E-state index contributed by atoms with van der Waals surface area (Å²) in [5.74, 6) is -0.115. The molecule has 0 aromatic heterocycles. The number of aldehydes is 1. The van der Waals surface area contributed by atoms with E-state index >= 15 is 0 Å². The predicted molar refractivity (Wildman–Crippen MR) is 67.9 cm³/mol. The van der Waals surface area contributed by atoms with Gasteiger partial charge in [0.25, 0.3) is 0 Å². The van der Waals surface area contributed by atoms with Crippen LogP contribution in [0.25, 0.3) is 6.08 Å². The maximum absolute atomic E-state index is 10.8. The molecule has 0 fully saturated rings. The van der Waals surface area contributed by atoms with E-state index in [1.807, 2.05) is 19.1 Å². The highest BCUT2D eigenvalue weighted by molar-refractivity contribution is 5.85. The Morgan fingerprint density at radius 1 is 1.35 bits per heavy atom. The van der Waals surface area contributed by atoms with Crippen molar-refractivity contribution in [3.8, 4) is 5.75 Å². The van der Waals surface area contributed by atoms with Crippen LogP contribution in [0.2, 0.25) is 0 Å². The van der Waals surface area contributed by atoms with Crippen LogP contribution in [0, 0.1) is 5.92 Å². The molecule has 0 bridgehead atoms. The first-order valence-electron chi connectivity index (χ1n) is 5.42. The minimum Gasteiger partial charge on any atom is -0.507 e. The number of aliphatic hydroxyl groups is 1. The van der Waals surface area contributed by atoms with Gasteiger partial charge >= 0.3 is 0 Å². The van der Waals surface area contributed by atoms with E-state index in [2.05, 4.69) is 0 Å². The molecule has 0 unspecified atom stereocenters. The molecule has 0 amide bonds. The van der Waals surface area contributed by atoms with Crippen molar-refractivity contribution < 1.29 is 15.0 Å². The van der Waals surface area contributed by atoms with Gasteiger partial charge in [0, 0.05) is 5.92 Å². The molecular weight excluding hydrogens is 216 g/mol. The molecule has 0 aliphatic carbocycles. The first-order valence-corrected chi connectivity index (χ1v) is 5.42. The molecule has 1 aromatic carbocycles. The van der Waals surface area contributed by atoms with Gasteiger partial charge in [-0.1, -0.05) is 36.4 Å². The lowest BCUT2D eigenvalue weighted by molar-refractivity contribution is 0.112. The summed E-state index contributed by atoms with van der Waals surface area (Å²) < 4.78 is 0. The van der Waals surface area contributed by atoms with Crippen molar-refractivity contribution in [2.45, 2.75) is 6.92 Å². The lowest BCUT2D eigenvalue weighted by Gasteiger charge is -2.04. The Balaban J connectivity index is 2.98. The van der Waals surface area contributed by atoms with Crippen LogP contribution in [-0.4, -0.2) is 23.1 Å². The molecule has 0 saturated heterocycles. The lowest BCUT2D eigenvalue weighted by atomic mass is 10.0. The number of carbonyl (C=O) groups excluding carboxylic acids is 1. The van der Waals surface area contributed by atoms with Crippen LogP contribution in [0.1, 0.15) is 22.8 Å². The predicted octanol–water partition coefficient (Wildman–Crippen LogP) is 2.40. The lowest BCUT2D eigenvalue weighted by Crippen LogP contribution is -1.97. The molecule has 90 valence electrons. The monoisotopic (exact) mass is 232 g/mol. The van der Waals surface area contributed by atoms with Gasteiger partial charge in [-0.05, 0) is 18.6 Å². The summed E-state index contributed by atoms with van der Waals surface area (Å²) in [6.45, 7) is 1.89. The molecule has 1 rings (SSSR count). The normalized spacial score (nSPS) is 13.3. The molecular formula is C14H16O3. The fourth-order valence-electron chi connectivity index (χ4n) is 1.50. The molecule has 3 heteroatoms. The summed E-state index contributed by atoms with van der Waals surface area (Å²) in [4.78, 5) is 10.8. The van der Waals surface area contributed by atoms with E-state index in [1.54, 1.807) is 24.3 Å². The maximum Gasteiger partial charge on any atom is 0.154 e. The quantitative estimate of drug-likeness (QED) is 0.605. The van der Waals surface area contributed by atoms with E-state index in [0.29, 0.717) is 11.8 Å². The zero-order chi connectivity index (χ0) is 12.7. The van der Waals surface area contributed by atoms with Crippen LogP contribution in [0.5, 0.6) is 5.75 Å². The molecule has 0 saturated carbocycles. The van der Waals surface area contributed by atoms with E-state index in [-0.39, 0.29) is 23.8 Å². The van der Waals surface area contributed by atoms with Crippen molar-refractivity contribution in [3.05, 3.63) is 47.6 Å². The number of aliphatic hydroxyl groups excluding tert-OH is 1. The Kier molecular flexibility index (Phi) is 5.17. The van der Waals surface area contributed by atoms with Crippen LogP contribution in [0.3, 0.4) is 0 Å². The van der Waals surface area contributed by atoms with Gasteiger partial charge in [-0.3, -0.25) is 4.79 Å². The number of benzene rings is 1. The SMILES string of the molecule is C/C=C/[C@H](/C=C/c1cccc(O)c1C=O)CO. The smallest absolute Gasteiger partial charge is 0.154 e. The Labute approximate surface area is 101 Å². The zero-order valence-electron chi connectivity index (χ0n) is 9.71. The Bertz CT molecular complexity index is 433. The zero-order valence-corrected chi connectivity index (χ0v) is 9.71. The number of aromatic hydroxyl groups is 1. The number of carbonyl (C=O) groups is 1. The van der Waals surface area contributed by atoms with Gasteiger partial charge in [0.15, 0.2) is 6.29 Å². The highest BCUT2D eigenvalue weighted by Crippen LogP contribution is 2.20. The third-order valence-corrected chi connectivity index (χ3v) is 2.41. The number of phenolic OH excluding ortho intramolecular Hbond substituents is 1. The van der Waals surface area contributed by atoms with Crippen molar-refractivity contribution in [2.75, 3.05) is 6.61 Å². The van der Waals surface area contributed by atoms with Crippen molar-refractivity contribution >= 4 is 12.4 Å². The Morgan fingerprint density at radius 3 is 2.71 bits per heavy atom. The Hall–Kier alpha value is -1.87. The molecule has 3 nitrogen and oxygen atoms in total. The molecule has 1 aromatic rings. The number of hydrogen-bond acceptors (Lipinski definition) is 3. The average molecular weight is 232 g/mol. The molecule has 0 radical (unpaired) electrons. The molecule has 17 heavy (non-hydrogen) atoms. The number of rotatable bonds is 5. The number of phenols is 1. The summed E-state index contributed by atoms with van der Waals surface area (Å²) in [6, 6.07) is 4.88. The van der Waals surface area contributed by atoms with Crippen molar-refractivity contribution in [2.24, 2.45) is 5.92 Å². The molecule has 2 N–H and O–H groups in total. The third-order valence-electron chi connectivity index (χ3n) is 2.41. The van der Waals surface area contributed by atoms with Gasteiger partial charge in [0.2, 0.25) is 0 Å². The van der Waals surface area contributed by atoms with Crippen molar-refractivity contribution in [1.29, 1.82) is 0 Å². The summed E-state index contributed by atoms with van der Waals surface area (Å²) in [7, 11) is 0. The van der Waals surface area contributed by atoms with Gasteiger partial charge in [0.05, 0.1) is 12.2 Å². The van der Waals surface area contributed by atoms with E-state index in [1.165, 1.54) is 6.07 Å². The fraction of sp³-hybridized carbons (Fsp3) is 0.214. The summed E-state index contributed by atoms with van der Waals surface area (Å²) in [6.07, 6.45) is 7.86. The van der Waals surface area contributed by atoms with Gasteiger partial charge < -0.3 is 10.2 Å². The Morgan fingerprint density at radius 2 is 2.12 bits per heavy atom. The highest BCUT2D eigenvalue weighted by Gasteiger charge is 2.04. The topological polar surface area (TPSA) is 57.5 Å². The second kappa shape index (κ2) is 6.66. The first kappa shape index (κ1) is 13.2. The molecule has 1 atom stereocenters. The second-order valence-corrected chi connectivity index (χ2v) is 3.63. The molecule has 0 spiro atoms. The first-order chi connectivity index (χ1) is 8.22. The van der Waals surface area contributed by atoms with Gasteiger partial charge in [-0.15, -0.1) is 0 Å². The molecule has 0 heterocycles. The van der Waals surface area contributed by atoms with E-state index in [9.17, 15) is 9.90 Å². The largest absolute Gasteiger partial charge is 0.507 e. The fourth-order valence-corrected chi connectivity index (χ4v) is 1.50. The van der Waals surface area contributed by atoms with E-state index in [0.717, 1.165) is 0 Å². The standard InChI is InChI=1S/C14H16O3/c1-2-4-11(9-15)7-8-12-5-3-6-14(17)13(12)10-16/h2-8,10-11,15,17H,9H2,1H3/b4-2+,8-7+/t11-/m1/s1. The van der Waals surface area contributed by atoms with E-state index < -0.39 is 0 Å². The maximum atomic E-state index is 10.8. The van der Waals surface area contributed by atoms with Gasteiger partial charge in [-0.2, -0.15) is 0 Å². The minimum absolute atomic E-state index is 0.01000.